The molecule has 0 aliphatic carbocycles. The van der Waals surface area contributed by atoms with Crippen molar-refractivity contribution in [2.45, 2.75) is 32.2 Å². The van der Waals surface area contributed by atoms with E-state index in [9.17, 15) is 5.26 Å². The van der Waals surface area contributed by atoms with Crippen LogP contribution in [-0.2, 0) is 0 Å². The van der Waals surface area contributed by atoms with Gasteiger partial charge < -0.3 is 4.74 Å². The van der Waals surface area contributed by atoms with Crippen LogP contribution in [0.1, 0.15) is 32.3 Å². The van der Waals surface area contributed by atoms with Gasteiger partial charge in [0.25, 0.3) is 0 Å². The van der Waals surface area contributed by atoms with Crippen molar-refractivity contribution in [1.82, 2.24) is 4.90 Å². The highest BCUT2D eigenvalue weighted by Crippen LogP contribution is 2.40. The number of nitrogens with zero attached hydrogens (tertiary/aromatic N) is 2. The van der Waals surface area contributed by atoms with Crippen LogP contribution in [0.5, 0.6) is 5.75 Å². The Kier molecular flexibility index (Phi) is 4.27. The molecular formula is C16H21ClN2O. The minimum absolute atomic E-state index is 0.0263. The molecule has 2 atom stereocenters. The lowest BCUT2D eigenvalue weighted by atomic mass is 9.89. The molecule has 1 heterocycles. The molecule has 0 saturated carbocycles. The molecule has 1 aliphatic rings. The van der Waals surface area contributed by atoms with Crippen LogP contribution in [0.2, 0.25) is 5.02 Å². The normalized spacial score (nSPS) is 23.6. The Hall–Kier alpha value is -1.24. The fourth-order valence-corrected chi connectivity index (χ4v) is 2.97. The Bertz CT molecular complexity index is 530. The van der Waals surface area contributed by atoms with Crippen LogP contribution in [0.25, 0.3) is 0 Å². The third kappa shape index (κ3) is 2.92. The number of likely N-dealkylation sites (tertiary alicyclic amines) is 1. The molecule has 1 saturated heterocycles. The van der Waals surface area contributed by atoms with Gasteiger partial charge in [0.05, 0.1) is 19.1 Å². The Morgan fingerprint density at radius 3 is 2.60 bits per heavy atom. The SMILES string of the molecule is COc1ccc(Cl)cc1[C@@H]1CN(C(C)(C)C)C[C@H]1C#N. The fraction of sp³-hybridized carbons (Fsp3) is 0.562. The molecule has 20 heavy (non-hydrogen) atoms. The summed E-state index contributed by atoms with van der Waals surface area (Å²) >= 11 is 6.12. The molecule has 4 heteroatoms. The van der Waals surface area contributed by atoms with Gasteiger partial charge in [0.15, 0.2) is 0 Å². The molecule has 0 amide bonds. The van der Waals surface area contributed by atoms with Gasteiger partial charge in [0.1, 0.15) is 5.75 Å². The predicted octanol–water partition coefficient (Wildman–Crippen LogP) is 3.69. The maximum Gasteiger partial charge on any atom is 0.122 e. The molecule has 0 radical (unpaired) electrons. The molecule has 1 aromatic carbocycles. The summed E-state index contributed by atoms with van der Waals surface area (Å²) in [5, 5.41) is 10.2. The summed E-state index contributed by atoms with van der Waals surface area (Å²) in [6.45, 7) is 8.19. The van der Waals surface area contributed by atoms with Crippen molar-refractivity contribution in [1.29, 1.82) is 5.26 Å². The number of benzene rings is 1. The number of halogens is 1. The molecule has 3 nitrogen and oxygen atoms in total. The standard InChI is InChI=1S/C16H21ClN2O/c1-16(2,3)19-9-11(8-18)14(10-19)13-7-12(17)5-6-15(13)20-4/h5-7,11,14H,9-10H2,1-4H3/t11-,14-/m1/s1. The van der Waals surface area contributed by atoms with Gasteiger partial charge >= 0.3 is 0 Å². The number of hydrogen-bond donors (Lipinski definition) is 0. The van der Waals surface area contributed by atoms with Crippen molar-refractivity contribution in [3.8, 4) is 11.8 Å². The first kappa shape index (κ1) is 15.2. The first-order valence-corrected chi connectivity index (χ1v) is 7.22. The van der Waals surface area contributed by atoms with Crippen molar-refractivity contribution >= 4 is 11.6 Å². The minimum atomic E-state index is -0.0263. The first-order chi connectivity index (χ1) is 9.36. The molecule has 0 unspecified atom stereocenters. The van der Waals surface area contributed by atoms with E-state index in [4.69, 9.17) is 16.3 Å². The van der Waals surface area contributed by atoms with Crippen molar-refractivity contribution in [2.24, 2.45) is 5.92 Å². The minimum Gasteiger partial charge on any atom is -0.496 e. The fourth-order valence-electron chi connectivity index (χ4n) is 2.79. The van der Waals surface area contributed by atoms with E-state index in [1.54, 1.807) is 7.11 Å². The van der Waals surface area contributed by atoms with E-state index in [2.05, 4.69) is 31.7 Å². The van der Waals surface area contributed by atoms with Gasteiger partial charge in [-0.2, -0.15) is 5.26 Å². The van der Waals surface area contributed by atoms with E-state index < -0.39 is 0 Å². The second kappa shape index (κ2) is 5.63. The van der Waals surface area contributed by atoms with Crippen molar-refractivity contribution in [3.05, 3.63) is 28.8 Å². The molecule has 108 valence electrons. The quantitative estimate of drug-likeness (QED) is 0.834. The monoisotopic (exact) mass is 292 g/mol. The molecule has 0 bridgehead atoms. The first-order valence-electron chi connectivity index (χ1n) is 6.85. The Morgan fingerprint density at radius 1 is 1.35 bits per heavy atom. The number of nitriles is 1. The number of methoxy groups -OCH3 is 1. The van der Waals surface area contributed by atoms with Crippen molar-refractivity contribution < 1.29 is 4.74 Å². The lowest BCUT2D eigenvalue weighted by Gasteiger charge is -2.31. The van der Waals surface area contributed by atoms with E-state index >= 15 is 0 Å². The van der Waals surface area contributed by atoms with Gasteiger partial charge in [-0.3, -0.25) is 4.90 Å². The van der Waals surface area contributed by atoms with Gasteiger partial charge in [-0.15, -0.1) is 0 Å². The number of rotatable bonds is 2. The molecule has 1 fully saturated rings. The summed E-state index contributed by atoms with van der Waals surface area (Å²) in [5.41, 5.74) is 1.11. The summed E-state index contributed by atoms with van der Waals surface area (Å²) in [6, 6.07) is 8.08. The average molecular weight is 293 g/mol. The summed E-state index contributed by atoms with van der Waals surface area (Å²) in [4.78, 5) is 2.35. The van der Waals surface area contributed by atoms with E-state index in [0.29, 0.717) is 5.02 Å². The zero-order valence-corrected chi connectivity index (χ0v) is 13.2. The maximum atomic E-state index is 9.46. The molecular weight excluding hydrogens is 272 g/mol. The zero-order valence-electron chi connectivity index (χ0n) is 12.5. The van der Waals surface area contributed by atoms with Gasteiger partial charge in [-0.1, -0.05) is 11.6 Å². The van der Waals surface area contributed by atoms with E-state index in [-0.39, 0.29) is 17.4 Å². The highest BCUT2D eigenvalue weighted by molar-refractivity contribution is 6.30. The lowest BCUT2D eigenvalue weighted by Crippen LogP contribution is -2.39. The lowest BCUT2D eigenvalue weighted by molar-refractivity contribution is 0.170. The Labute approximate surface area is 126 Å². The summed E-state index contributed by atoms with van der Waals surface area (Å²) in [7, 11) is 1.66. The van der Waals surface area contributed by atoms with Crippen molar-refractivity contribution in [2.75, 3.05) is 20.2 Å². The molecule has 1 aromatic rings. The molecule has 1 aliphatic heterocycles. The molecule has 0 aromatic heterocycles. The molecule has 0 spiro atoms. The van der Waals surface area contributed by atoms with Gasteiger partial charge in [0, 0.05) is 35.1 Å². The van der Waals surface area contributed by atoms with E-state index in [1.165, 1.54) is 0 Å². The largest absolute Gasteiger partial charge is 0.496 e. The molecule has 2 rings (SSSR count). The summed E-state index contributed by atoms with van der Waals surface area (Å²) in [5.74, 6) is 0.935. The molecule has 0 N–H and O–H groups in total. The van der Waals surface area contributed by atoms with Crippen LogP contribution < -0.4 is 4.74 Å². The van der Waals surface area contributed by atoms with Crippen LogP contribution in [0.3, 0.4) is 0 Å². The van der Waals surface area contributed by atoms with Gasteiger partial charge in [0.2, 0.25) is 0 Å². The second-order valence-corrected chi connectivity index (χ2v) is 6.74. The van der Waals surface area contributed by atoms with Crippen LogP contribution in [0, 0.1) is 17.2 Å². The average Bonchev–Trinajstić information content (AvgIpc) is 2.82. The van der Waals surface area contributed by atoms with Gasteiger partial charge in [-0.25, -0.2) is 0 Å². The smallest absolute Gasteiger partial charge is 0.122 e. The summed E-state index contributed by atoms with van der Waals surface area (Å²) < 4.78 is 5.44. The number of ether oxygens (including phenoxy) is 1. The van der Waals surface area contributed by atoms with E-state index in [0.717, 1.165) is 24.4 Å². The number of hydrogen-bond acceptors (Lipinski definition) is 3. The maximum absolute atomic E-state index is 9.46. The highest BCUT2D eigenvalue weighted by Gasteiger charge is 2.39. The topological polar surface area (TPSA) is 36.3 Å². The third-order valence-corrected chi connectivity index (χ3v) is 4.26. The van der Waals surface area contributed by atoms with Gasteiger partial charge in [-0.05, 0) is 39.0 Å². The second-order valence-electron chi connectivity index (χ2n) is 6.30. The van der Waals surface area contributed by atoms with Crippen molar-refractivity contribution in [3.63, 3.8) is 0 Å². The van der Waals surface area contributed by atoms with E-state index in [1.807, 2.05) is 18.2 Å². The third-order valence-electron chi connectivity index (χ3n) is 4.03. The van der Waals surface area contributed by atoms with Crippen LogP contribution in [0.4, 0.5) is 0 Å². The van der Waals surface area contributed by atoms with Crippen LogP contribution >= 0.6 is 11.6 Å². The Morgan fingerprint density at radius 2 is 2.05 bits per heavy atom. The highest BCUT2D eigenvalue weighted by atomic mass is 35.5. The van der Waals surface area contributed by atoms with Crippen LogP contribution in [0.15, 0.2) is 18.2 Å². The Balaban J connectivity index is 2.37. The predicted molar refractivity (Wildman–Crippen MR) is 81.2 cm³/mol. The zero-order chi connectivity index (χ0) is 14.9. The van der Waals surface area contributed by atoms with Crippen LogP contribution in [-0.4, -0.2) is 30.6 Å². The summed E-state index contributed by atoms with van der Waals surface area (Å²) in [6.07, 6.45) is 0.